The van der Waals surface area contributed by atoms with Gasteiger partial charge >= 0.3 is 0 Å². The lowest BCUT2D eigenvalue weighted by molar-refractivity contribution is 0.299. The van der Waals surface area contributed by atoms with Gasteiger partial charge in [0.2, 0.25) is 5.89 Å². The second kappa shape index (κ2) is 5.05. The lowest BCUT2D eigenvalue weighted by Crippen LogP contribution is -2.40. The molecule has 1 N–H and O–H groups in total. The van der Waals surface area contributed by atoms with E-state index in [2.05, 4.69) is 39.6 Å². The minimum Gasteiger partial charge on any atom is -0.343 e. The summed E-state index contributed by atoms with van der Waals surface area (Å²) < 4.78 is 7.73. The van der Waals surface area contributed by atoms with Crippen LogP contribution >= 0.6 is 0 Å². The largest absolute Gasteiger partial charge is 0.343 e. The summed E-state index contributed by atoms with van der Waals surface area (Å²) in [6.45, 7) is 1.92. The van der Waals surface area contributed by atoms with E-state index in [1.807, 2.05) is 0 Å². The first kappa shape index (κ1) is 12.1. The van der Waals surface area contributed by atoms with Gasteiger partial charge < -0.3 is 14.4 Å². The van der Waals surface area contributed by atoms with Gasteiger partial charge in [-0.1, -0.05) is 18.0 Å². The van der Waals surface area contributed by atoms with Crippen molar-refractivity contribution in [2.45, 2.75) is 37.6 Å². The molecular formula is C15H20N4O. The van der Waals surface area contributed by atoms with E-state index in [-0.39, 0.29) is 6.04 Å². The molecule has 1 saturated carbocycles. The summed E-state index contributed by atoms with van der Waals surface area (Å²) in [5, 5.41) is 7.53. The average molecular weight is 272 g/mol. The molecule has 106 valence electrons. The molecule has 0 aromatic carbocycles. The predicted molar refractivity (Wildman–Crippen MR) is 74.4 cm³/mol. The van der Waals surface area contributed by atoms with Crippen LogP contribution < -0.4 is 5.32 Å². The Morgan fingerprint density at radius 3 is 2.60 bits per heavy atom. The van der Waals surface area contributed by atoms with Crippen molar-refractivity contribution in [3.63, 3.8) is 0 Å². The molecule has 1 aliphatic carbocycles. The first-order chi connectivity index (χ1) is 9.92. The van der Waals surface area contributed by atoms with Gasteiger partial charge in [0.25, 0.3) is 0 Å². The molecule has 5 heteroatoms. The SMILES string of the molecule is c1ccn(C(c2noc(C3CNC3)n2)C2CCCC2)c1. The Morgan fingerprint density at radius 2 is 1.95 bits per heavy atom. The Labute approximate surface area is 118 Å². The molecule has 2 fully saturated rings. The van der Waals surface area contributed by atoms with E-state index in [0.717, 1.165) is 24.8 Å². The van der Waals surface area contributed by atoms with Gasteiger partial charge in [0.1, 0.15) is 0 Å². The normalized spacial score (nSPS) is 22.0. The van der Waals surface area contributed by atoms with Crippen molar-refractivity contribution >= 4 is 0 Å². The van der Waals surface area contributed by atoms with E-state index < -0.39 is 0 Å². The molecule has 2 aliphatic rings. The van der Waals surface area contributed by atoms with Gasteiger partial charge in [-0.15, -0.1) is 0 Å². The van der Waals surface area contributed by atoms with Crippen molar-refractivity contribution in [2.24, 2.45) is 5.92 Å². The molecule has 4 rings (SSSR count). The molecule has 0 bridgehead atoms. The van der Waals surface area contributed by atoms with Gasteiger partial charge in [-0.3, -0.25) is 0 Å². The first-order valence-electron chi connectivity index (χ1n) is 7.58. The third-order valence-electron chi connectivity index (χ3n) is 4.65. The zero-order chi connectivity index (χ0) is 13.4. The summed E-state index contributed by atoms with van der Waals surface area (Å²) in [6, 6.07) is 4.37. The molecule has 0 amide bonds. The maximum absolute atomic E-state index is 5.49. The number of aromatic nitrogens is 3. The molecule has 0 spiro atoms. The molecule has 3 heterocycles. The van der Waals surface area contributed by atoms with Crippen molar-refractivity contribution in [3.05, 3.63) is 36.2 Å². The second-order valence-corrected chi connectivity index (χ2v) is 5.97. The van der Waals surface area contributed by atoms with Crippen molar-refractivity contribution in [3.8, 4) is 0 Å². The molecule has 1 aliphatic heterocycles. The molecule has 0 radical (unpaired) electrons. The molecule has 1 saturated heterocycles. The first-order valence-corrected chi connectivity index (χ1v) is 7.58. The highest BCUT2D eigenvalue weighted by atomic mass is 16.5. The van der Waals surface area contributed by atoms with Crippen molar-refractivity contribution in [1.29, 1.82) is 0 Å². The van der Waals surface area contributed by atoms with Crippen molar-refractivity contribution in [2.75, 3.05) is 13.1 Å². The predicted octanol–water partition coefficient (Wildman–Crippen LogP) is 2.34. The quantitative estimate of drug-likeness (QED) is 0.928. The fraction of sp³-hybridized carbons (Fsp3) is 0.600. The monoisotopic (exact) mass is 272 g/mol. The summed E-state index contributed by atoms with van der Waals surface area (Å²) >= 11 is 0. The second-order valence-electron chi connectivity index (χ2n) is 5.97. The van der Waals surface area contributed by atoms with Crippen LogP contribution in [0, 0.1) is 5.92 Å². The number of nitrogens with zero attached hydrogens (tertiary/aromatic N) is 3. The number of hydrogen-bond donors (Lipinski definition) is 1. The maximum Gasteiger partial charge on any atom is 0.232 e. The number of rotatable bonds is 4. The van der Waals surface area contributed by atoms with Gasteiger partial charge in [0.15, 0.2) is 5.82 Å². The highest BCUT2D eigenvalue weighted by Gasteiger charge is 2.33. The van der Waals surface area contributed by atoms with Gasteiger partial charge in [-0.25, -0.2) is 0 Å². The summed E-state index contributed by atoms with van der Waals surface area (Å²) in [5.74, 6) is 2.70. The topological polar surface area (TPSA) is 55.9 Å². The van der Waals surface area contributed by atoms with Crippen LogP contribution in [0.2, 0.25) is 0 Å². The van der Waals surface area contributed by atoms with E-state index in [1.165, 1.54) is 25.7 Å². The van der Waals surface area contributed by atoms with Crippen LogP contribution in [0.5, 0.6) is 0 Å². The van der Waals surface area contributed by atoms with Crippen LogP contribution in [-0.4, -0.2) is 27.8 Å². The van der Waals surface area contributed by atoms with E-state index in [1.54, 1.807) is 0 Å². The molecule has 1 atom stereocenters. The zero-order valence-electron chi connectivity index (χ0n) is 11.5. The van der Waals surface area contributed by atoms with Crippen LogP contribution in [0.25, 0.3) is 0 Å². The highest BCUT2D eigenvalue weighted by Crippen LogP contribution is 2.37. The van der Waals surface area contributed by atoms with Gasteiger partial charge in [0.05, 0.1) is 12.0 Å². The van der Waals surface area contributed by atoms with E-state index in [0.29, 0.717) is 11.8 Å². The summed E-state index contributed by atoms with van der Waals surface area (Å²) in [5.41, 5.74) is 0. The van der Waals surface area contributed by atoms with E-state index >= 15 is 0 Å². The summed E-state index contributed by atoms with van der Waals surface area (Å²) in [4.78, 5) is 4.69. The molecular weight excluding hydrogens is 252 g/mol. The molecule has 5 nitrogen and oxygen atoms in total. The highest BCUT2D eigenvalue weighted by molar-refractivity contribution is 5.08. The molecule has 1 unspecified atom stereocenters. The van der Waals surface area contributed by atoms with Gasteiger partial charge in [0, 0.05) is 25.5 Å². The fourth-order valence-corrected chi connectivity index (χ4v) is 3.39. The Kier molecular flexibility index (Phi) is 3.07. The third-order valence-corrected chi connectivity index (χ3v) is 4.65. The standard InChI is InChI=1S/C15H20N4O/c1-2-6-11(5-1)13(19-7-3-4-8-19)14-17-15(20-18-14)12-9-16-10-12/h3-4,7-8,11-13,16H,1-2,5-6,9-10H2. The van der Waals surface area contributed by atoms with Gasteiger partial charge in [-0.05, 0) is 30.9 Å². The third kappa shape index (κ3) is 2.06. The Morgan fingerprint density at radius 1 is 1.20 bits per heavy atom. The van der Waals surface area contributed by atoms with Crippen LogP contribution in [0.1, 0.15) is 49.4 Å². The molecule has 2 aromatic heterocycles. The number of hydrogen-bond acceptors (Lipinski definition) is 4. The van der Waals surface area contributed by atoms with Crippen LogP contribution in [0.15, 0.2) is 29.0 Å². The van der Waals surface area contributed by atoms with Crippen LogP contribution in [-0.2, 0) is 0 Å². The van der Waals surface area contributed by atoms with Crippen LogP contribution in [0.3, 0.4) is 0 Å². The molecule has 20 heavy (non-hydrogen) atoms. The van der Waals surface area contributed by atoms with E-state index in [9.17, 15) is 0 Å². The average Bonchev–Trinajstić information content (AvgIpc) is 3.10. The lowest BCUT2D eigenvalue weighted by Gasteiger charge is -2.23. The van der Waals surface area contributed by atoms with Crippen molar-refractivity contribution in [1.82, 2.24) is 20.0 Å². The van der Waals surface area contributed by atoms with Crippen LogP contribution in [0.4, 0.5) is 0 Å². The number of nitrogens with one attached hydrogen (secondary N) is 1. The van der Waals surface area contributed by atoms with Crippen molar-refractivity contribution < 1.29 is 4.52 Å². The van der Waals surface area contributed by atoms with E-state index in [4.69, 9.17) is 9.51 Å². The Balaban J connectivity index is 1.64. The summed E-state index contributed by atoms with van der Waals surface area (Å²) in [7, 11) is 0. The summed E-state index contributed by atoms with van der Waals surface area (Å²) in [6.07, 6.45) is 9.39. The maximum atomic E-state index is 5.49. The minimum atomic E-state index is 0.234. The smallest absolute Gasteiger partial charge is 0.232 e. The minimum absolute atomic E-state index is 0.234. The lowest BCUT2D eigenvalue weighted by atomic mass is 9.97. The fourth-order valence-electron chi connectivity index (χ4n) is 3.39. The zero-order valence-corrected chi connectivity index (χ0v) is 11.5. The van der Waals surface area contributed by atoms with Gasteiger partial charge in [-0.2, -0.15) is 4.98 Å². The Bertz CT molecular complexity index is 552. The Hall–Kier alpha value is -1.62. The molecule has 2 aromatic rings.